The van der Waals surface area contributed by atoms with Crippen LogP contribution in [-0.2, 0) is 9.59 Å². The topological polar surface area (TPSA) is 66.8 Å². The molecular formula is C17H23NO4. The maximum atomic E-state index is 12.1. The third-order valence-corrected chi connectivity index (χ3v) is 4.03. The minimum Gasteiger partial charge on any atom is -0.484 e. The van der Waals surface area contributed by atoms with Crippen molar-refractivity contribution in [1.82, 2.24) is 4.90 Å². The SMILES string of the molecule is CC(C)c1ccc(OCC(=O)N2CCCC(C(=O)O)C2)cc1. The first kappa shape index (κ1) is 16.3. The highest BCUT2D eigenvalue weighted by atomic mass is 16.5. The van der Waals surface area contributed by atoms with Crippen LogP contribution in [0, 0.1) is 5.92 Å². The number of piperidine rings is 1. The summed E-state index contributed by atoms with van der Waals surface area (Å²) in [6.07, 6.45) is 1.36. The minimum atomic E-state index is -0.831. The quantitative estimate of drug-likeness (QED) is 0.907. The van der Waals surface area contributed by atoms with Gasteiger partial charge in [0.15, 0.2) is 6.61 Å². The maximum Gasteiger partial charge on any atom is 0.308 e. The average Bonchev–Trinajstić information content (AvgIpc) is 2.53. The van der Waals surface area contributed by atoms with E-state index in [1.165, 1.54) is 5.56 Å². The highest BCUT2D eigenvalue weighted by Crippen LogP contribution is 2.19. The van der Waals surface area contributed by atoms with E-state index in [-0.39, 0.29) is 19.1 Å². The second-order valence-electron chi connectivity index (χ2n) is 6.03. The van der Waals surface area contributed by atoms with E-state index in [4.69, 9.17) is 9.84 Å². The predicted octanol–water partition coefficient (Wildman–Crippen LogP) is 2.51. The molecule has 1 N–H and O–H groups in total. The molecule has 2 rings (SSSR count). The van der Waals surface area contributed by atoms with E-state index in [1.54, 1.807) is 4.90 Å². The van der Waals surface area contributed by atoms with Crippen LogP contribution in [0.15, 0.2) is 24.3 Å². The van der Waals surface area contributed by atoms with E-state index >= 15 is 0 Å². The molecule has 1 aromatic rings. The van der Waals surface area contributed by atoms with Crippen LogP contribution in [0.5, 0.6) is 5.75 Å². The van der Waals surface area contributed by atoms with Crippen LogP contribution >= 0.6 is 0 Å². The maximum absolute atomic E-state index is 12.1. The fraction of sp³-hybridized carbons (Fsp3) is 0.529. The third kappa shape index (κ3) is 4.23. The Morgan fingerprint density at radius 1 is 1.32 bits per heavy atom. The lowest BCUT2D eigenvalue weighted by molar-refractivity contribution is -0.146. The zero-order valence-electron chi connectivity index (χ0n) is 13.1. The van der Waals surface area contributed by atoms with Gasteiger partial charge in [0.05, 0.1) is 5.92 Å². The number of carbonyl (C=O) groups is 2. The fourth-order valence-electron chi connectivity index (χ4n) is 2.59. The molecule has 5 nitrogen and oxygen atoms in total. The number of benzene rings is 1. The number of rotatable bonds is 5. The van der Waals surface area contributed by atoms with Gasteiger partial charge in [-0.15, -0.1) is 0 Å². The summed E-state index contributed by atoms with van der Waals surface area (Å²) in [5.74, 6) is -0.328. The van der Waals surface area contributed by atoms with Gasteiger partial charge >= 0.3 is 5.97 Å². The van der Waals surface area contributed by atoms with Gasteiger partial charge in [0, 0.05) is 13.1 Å². The summed E-state index contributed by atoms with van der Waals surface area (Å²) in [6, 6.07) is 7.70. The molecule has 1 atom stereocenters. The van der Waals surface area contributed by atoms with E-state index in [1.807, 2.05) is 24.3 Å². The smallest absolute Gasteiger partial charge is 0.308 e. The van der Waals surface area contributed by atoms with Gasteiger partial charge in [-0.3, -0.25) is 9.59 Å². The van der Waals surface area contributed by atoms with Gasteiger partial charge in [0.25, 0.3) is 5.91 Å². The Hall–Kier alpha value is -2.04. The molecule has 1 aromatic carbocycles. The predicted molar refractivity (Wildman–Crippen MR) is 83.0 cm³/mol. The van der Waals surface area contributed by atoms with Gasteiger partial charge in [0.1, 0.15) is 5.75 Å². The fourth-order valence-corrected chi connectivity index (χ4v) is 2.59. The normalized spacial score (nSPS) is 18.3. The van der Waals surface area contributed by atoms with Crippen molar-refractivity contribution in [1.29, 1.82) is 0 Å². The van der Waals surface area contributed by atoms with Crippen LogP contribution in [0.25, 0.3) is 0 Å². The summed E-state index contributed by atoms with van der Waals surface area (Å²) in [4.78, 5) is 24.7. The Bertz CT molecular complexity index is 524. The number of carbonyl (C=O) groups excluding carboxylic acids is 1. The summed E-state index contributed by atoms with van der Waals surface area (Å²) in [5, 5.41) is 9.05. The molecule has 1 unspecified atom stereocenters. The van der Waals surface area contributed by atoms with E-state index in [0.29, 0.717) is 24.6 Å². The number of carboxylic acids is 1. The van der Waals surface area contributed by atoms with Crippen molar-refractivity contribution in [2.45, 2.75) is 32.6 Å². The van der Waals surface area contributed by atoms with E-state index in [9.17, 15) is 9.59 Å². The molecular weight excluding hydrogens is 282 g/mol. The number of carboxylic acid groups (broad SMARTS) is 1. The van der Waals surface area contributed by atoms with E-state index < -0.39 is 11.9 Å². The van der Waals surface area contributed by atoms with Crippen LogP contribution in [-0.4, -0.2) is 41.6 Å². The molecule has 1 fully saturated rings. The molecule has 22 heavy (non-hydrogen) atoms. The third-order valence-electron chi connectivity index (χ3n) is 4.03. The molecule has 1 saturated heterocycles. The first-order chi connectivity index (χ1) is 10.5. The molecule has 1 amide bonds. The Morgan fingerprint density at radius 3 is 2.59 bits per heavy atom. The number of hydrogen-bond donors (Lipinski definition) is 1. The Kier molecular flexibility index (Phi) is 5.41. The van der Waals surface area contributed by atoms with Crippen molar-refractivity contribution in [2.24, 2.45) is 5.92 Å². The van der Waals surface area contributed by atoms with Gasteiger partial charge in [-0.2, -0.15) is 0 Å². The number of likely N-dealkylation sites (tertiary alicyclic amines) is 1. The molecule has 0 saturated carbocycles. The van der Waals surface area contributed by atoms with Crippen molar-refractivity contribution in [3.63, 3.8) is 0 Å². The number of hydrogen-bond acceptors (Lipinski definition) is 3. The van der Waals surface area contributed by atoms with Crippen molar-refractivity contribution >= 4 is 11.9 Å². The van der Waals surface area contributed by atoms with Crippen LogP contribution in [0.1, 0.15) is 38.2 Å². The van der Waals surface area contributed by atoms with E-state index in [0.717, 1.165) is 6.42 Å². The van der Waals surface area contributed by atoms with Crippen LogP contribution in [0.4, 0.5) is 0 Å². The second-order valence-corrected chi connectivity index (χ2v) is 6.03. The first-order valence-electron chi connectivity index (χ1n) is 7.70. The first-order valence-corrected chi connectivity index (χ1v) is 7.70. The molecule has 0 spiro atoms. The standard InChI is InChI=1S/C17H23NO4/c1-12(2)13-5-7-15(8-6-13)22-11-16(19)18-9-3-4-14(10-18)17(20)21/h5-8,12,14H,3-4,9-11H2,1-2H3,(H,20,21). The van der Waals surface area contributed by atoms with Crippen LogP contribution in [0.3, 0.4) is 0 Å². The number of ether oxygens (including phenoxy) is 1. The molecule has 1 aliphatic rings. The van der Waals surface area contributed by atoms with Gasteiger partial charge in [-0.25, -0.2) is 0 Å². The molecule has 0 aliphatic carbocycles. The Balaban J connectivity index is 1.85. The molecule has 1 heterocycles. The average molecular weight is 305 g/mol. The van der Waals surface area contributed by atoms with Crippen molar-refractivity contribution in [3.05, 3.63) is 29.8 Å². The lowest BCUT2D eigenvalue weighted by Crippen LogP contribution is -2.44. The molecule has 0 bridgehead atoms. The summed E-state index contributed by atoms with van der Waals surface area (Å²) in [6.45, 7) is 5.08. The molecule has 120 valence electrons. The molecule has 5 heteroatoms. The van der Waals surface area contributed by atoms with Crippen LogP contribution in [0.2, 0.25) is 0 Å². The number of nitrogens with zero attached hydrogens (tertiary/aromatic N) is 1. The highest BCUT2D eigenvalue weighted by Gasteiger charge is 2.28. The zero-order chi connectivity index (χ0) is 16.1. The zero-order valence-corrected chi connectivity index (χ0v) is 13.1. The number of amides is 1. The summed E-state index contributed by atoms with van der Waals surface area (Å²) in [7, 11) is 0. The Labute approximate surface area is 130 Å². The molecule has 1 aliphatic heterocycles. The summed E-state index contributed by atoms with van der Waals surface area (Å²) >= 11 is 0. The number of aliphatic carboxylic acids is 1. The monoisotopic (exact) mass is 305 g/mol. The van der Waals surface area contributed by atoms with Crippen molar-refractivity contribution in [2.75, 3.05) is 19.7 Å². The van der Waals surface area contributed by atoms with Crippen LogP contribution < -0.4 is 4.74 Å². The molecule has 0 radical (unpaired) electrons. The largest absolute Gasteiger partial charge is 0.484 e. The highest BCUT2D eigenvalue weighted by molar-refractivity contribution is 5.79. The van der Waals surface area contributed by atoms with Gasteiger partial charge in [0.2, 0.25) is 0 Å². The van der Waals surface area contributed by atoms with Gasteiger partial charge in [-0.1, -0.05) is 26.0 Å². The lowest BCUT2D eigenvalue weighted by atomic mass is 9.98. The summed E-state index contributed by atoms with van der Waals surface area (Å²) in [5.41, 5.74) is 1.22. The molecule has 0 aromatic heterocycles. The van der Waals surface area contributed by atoms with Crippen molar-refractivity contribution < 1.29 is 19.4 Å². The van der Waals surface area contributed by atoms with E-state index in [2.05, 4.69) is 13.8 Å². The second kappa shape index (κ2) is 7.29. The van der Waals surface area contributed by atoms with Crippen molar-refractivity contribution in [3.8, 4) is 5.75 Å². The Morgan fingerprint density at radius 2 is 2.00 bits per heavy atom. The summed E-state index contributed by atoms with van der Waals surface area (Å²) < 4.78 is 5.51. The minimum absolute atomic E-state index is 0.0482. The van der Waals surface area contributed by atoms with Gasteiger partial charge in [-0.05, 0) is 36.5 Å². The lowest BCUT2D eigenvalue weighted by Gasteiger charge is -2.30. The van der Waals surface area contributed by atoms with Gasteiger partial charge < -0.3 is 14.7 Å².